The van der Waals surface area contributed by atoms with Gasteiger partial charge in [-0.1, -0.05) is 18.2 Å². The summed E-state index contributed by atoms with van der Waals surface area (Å²) in [6.07, 6.45) is 3.24. The number of fused-ring (bicyclic) bond motifs is 1. The van der Waals surface area contributed by atoms with Crippen LogP contribution in [-0.2, 0) is 0 Å². The number of para-hydroxylation sites is 1. The first-order chi connectivity index (χ1) is 9.88. The van der Waals surface area contributed by atoms with E-state index in [1.807, 2.05) is 47.4 Å². The lowest BCUT2D eigenvalue weighted by Crippen LogP contribution is -2.18. The van der Waals surface area contributed by atoms with Crippen LogP contribution in [0, 0.1) is 11.3 Å². The van der Waals surface area contributed by atoms with E-state index in [9.17, 15) is 0 Å². The molecule has 0 fully saturated rings. The van der Waals surface area contributed by atoms with Crippen molar-refractivity contribution >= 4 is 22.7 Å². The molecule has 1 aromatic carbocycles. The third kappa shape index (κ3) is 2.27. The molecule has 0 amide bonds. The Balaban J connectivity index is 2.08. The zero-order valence-corrected chi connectivity index (χ0v) is 10.6. The van der Waals surface area contributed by atoms with Crippen LogP contribution in [0.4, 0.5) is 11.5 Å². The summed E-state index contributed by atoms with van der Waals surface area (Å²) < 4.78 is 0. The molecule has 0 aliphatic carbocycles. The average Bonchev–Trinajstić information content (AvgIpc) is 2.53. The third-order valence-electron chi connectivity index (χ3n) is 2.89. The fourth-order valence-electron chi connectivity index (χ4n) is 1.98. The van der Waals surface area contributed by atoms with Crippen LogP contribution in [0.2, 0.25) is 0 Å². The van der Waals surface area contributed by atoms with Gasteiger partial charge in [0.2, 0.25) is 0 Å². The fraction of sp³-hybridized carbons (Fsp3) is 0.0667. The number of hydrogen-bond acceptors (Lipinski definition) is 5. The van der Waals surface area contributed by atoms with Crippen molar-refractivity contribution in [2.24, 2.45) is 0 Å². The topological polar surface area (TPSA) is 65.7 Å². The lowest BCUT2D eigenvalue weighted by Gasteiger charge is -2.20. The van der Waals surface area contributed by atoms with Crippen molar-refractivity contribution in [3.63, 3.8) is 0 Å². The normalized spacial score (nSPS) is 10.2. The number of benzene rings is 1. The van der Waals surface area contributed by atoms with Crippen molar-refractivity contribution in [2.45, 2.75) is 0 Å². The smallest absolute Gasteiger partial charge is 0.180 e. The van der Waals surface area contributed by atoms with Gasteiger partial charge in [-0.2, -0.15) is 5.26 Å². The van der Waals surface area contributed by atoms with Gasteiger partial charge in [0, 0.05) is 18.1 Å². The summed E-state index contributed by atoms with van der Waals surface area (Å²) in [4.78, 5) is 14.7. The van der Waals surface area contributed by atoms with Gasteiger partial charge in [0.05, 0.1) is 6.07 Å². The second-order valence-electron chi connectivity index (χ2n) is 4.15. The molecule has 0 spiro atoms. The molecular formula is C15H11N5. The molecule has 0 radical (unpaired) electrons. The maximum absolute atomic E-state index is 9.03. The Kier molecular flexibility index (Phi) is 3.21. The monoisotopic (exact) mass is 261 g/mol. The highest BCUT2D eigenvalue weighted by Gasteiger charge is 2.11. The maximum atomic E-state index is 9.03. The first-order valence-electron chi connectivity index (χ1n) is 6.16. The molecular weight excluding hydrogens is 250 g/mol. The molecule has 0 bridgehead atoms. The van der Waals surface area contributed by atoms with E-state index in [-0.39, 0.29) is 6.54 Å². The van der Waals surface area contributed by atoms with Crippen LogP contribution in [0.15, 0.2) is 54.9 Å². The summed E-state index contributed by atoms with van der Waals surface area (Å²) in [5.41, 5.74) is 2.23. The van der Waals surface area contributed by atoms with Gasteiger partial charge in [0.1, 0.15) is 17.9 Å². The Hall–Kier alpha value is -3.00. The maximum Gasteiger partial charge on any atom is 0.180 e. The Morgan fingerprint density at radius 3 is 2.60 bits per heavy atom. The number of rotatable bonds is 3. The molecule has 0 atom stereocenters. The highest BCUT2D eigenvalue weighted by molar-refractivity contribution is 5.73. The van der Waals surface area contributed by atoms with Gasteiger partial charge in [-0.15, -0.1) is 0 Å². The van der Waals surface area contributed by atoms with Crippen molar-refractivity contribution in [1.29, 1.82) is 5.26 Å². The summed E-state index contributed by atoms with van der Waals surface area (Å²) in [7, 11) is 0. The van der Waals surface area contributed by atoms with Crippen molar-refractivity contribution < 1.29 is 0 Å². The van der Waals surface area contributed by atoms with Crippen molar-refractivity contribution in [1.82, 2.24) is 15.0 Å². The molecule has 96 valence electrons. The van der Waals surface area contributed by atoms with Crippen LogP contribution >= 0.6 is 0 Å². The van der Waals surface area contributed by atoms with Gasteiger partial charge < -0.3 is 4.90 Å². The zero-order valence-electron chi connectivity index (χ0n) is 10.6. The Morgan fingerprint density at radius 1 is 1.00 bits per heavy atom. The second-order valence-corrected chi connectivity index (χ2v) is 4.15. The van der Waals surface area contributed by atoms with E-state index in [0.29, 0.717) is 11.5 Å². The number of nitrogens with zero attached hydrogens (tertiary/aromatic N) is 5. The van der Waals surface area contributed by atoms with Crippen LogP contribution in [0.1, 0.15) is 0 Å². The molecule has 2 heterocycles. The van der Waals surface area contributed by atoms with Crippen LogP contribution in [-0.4, -0.2) is 21.5 Å². The molecule has 5 nitrogen and oxygen atoms in total. The molecule has 3 rings (SSSR count). The standard InChI is InChI=1S/C15H11N5/c16-8-11-20(12-4-2-1-3-5-12)14-7-6-13-15(19-14)18-10-9-17-13/h1-7,9-10H,11H2. The summed E-state index contributed by atoms with van der Waals surface area (Å²) in [6, 6.07) is 15.6. The lowest BCUT2D eigenvalue weighted by molar-refractivity contribution is 1.05. The molecule has 5 heteroatoms. The molecule has 2 aromatic heterocycles. The number of anilines is 2. The molecule has 20 heavy (non-hydrogen) atoms. The van der Waals surface area contributed by atoms with Crippen molar-refractivity contribution in [3.05, 3.63) is 54.9 Å². The van der Waals surface area contributed by atoms with Crippen LogP contribution in [0.3, 0.4) is 0 Å². The molecule has 3 aromatic rings. The Morgan fingerprint density at radius 2 is 1.80 bits per heavy atom. The van der Waals surface area contributed by atoms with Gasteiger partial charge in [-0.25, -0.2) is 9.97 Å². The SMILES string of the molecule is N#CCN(c1ccccc1)c1ccc2nccnc2n1. The molecule has 0 unspecified atom stereocenters. The van der Waals surface area contributed by atoms with Crippen molar-refractivity contribution in [2.75, 3.05) is 11.4 Å². The number of aromatic nitrogens is 3. The lowest BCUT2D eigenvalue weighted by atomic mass is 10.2. The van der Waals surface area contributed by atoms with E-state index in [4.69, 9.17) is 5.26 Å². The van der Waals surface area contributed by atoms with E-state index in [2.05, 4.69) is 21.0 Å². The molecule has 0 aliphatic heterocycles. The first kappa shape index (κ1) is 12.1. The van der Waals surface area contributed by atoms with Crippen LogP contribution in [0.5, 0.6) is 0 Å². The quantitative estimate of drug-likeness (QED) is 0.678. The van der Waals surface area contributed by atoms with Gasteiger partial charge in [0.15, 0.2) is 5.65 Å². The minimum atomic E-state index is 0.225. The van der Waals surface area contributed by atoms with Crippen LogP contribution in [0.25, 0.3) is 11.2 Å². The average molecular weight is 261 g/mol. The molecule has 0 saturated heterocycles. The predicted octanol–water partition coefficient (Wildman–Crippen LogP) is 2.69. The first-order valence-corrected chi connectivity index (χ1v) is 6.16. The van der Waals surface area contributed by atoms with E-state index in [1.54, 1.807) is 12.4 Å². The number of nitriles is 1. The Bertz CT molecular complexity index is 764. The van der Waals surface area contributed by atoms with Gasteiger partial charge in [0.25, 0.3) is 0 Å². The molecule has 0 aliphatic rings. The summed E-state index contributed by atoms with van der Waals surface area (Å²) in [5, 5.41) is 9.03. The molecule has 0 N–H and O–H groups in total. The van der Waals surface area contributed by atoms with E-state index in [0.717, 1.165) is 11.2 Å². The van der Waals surface area contributed by atoms with Gasteiger partial charge in [-0.3, -0.25) is 4.98 Å². The van der Waals surface area contributed by atoms with E-state index in [1.165, 1.54) is 0 Å². The summed E-state index contributed by atoms with van der Waals surface area (Å²) in [6.45, 7) is 0.225. The van der Waals surface area contributed by atoms with E-state index < -0.39 is 0 Å². The molecule has 0 saturated carbocycles. The van der Waals surface area contributed by atoms with Gasteiger partial charge >= 0.3 is 0 Å². The number of hydrogen-bond donors (Lipinski definition) is 0. The largest absolute Gasteiger partial charge is 0.312 e. The third-order valence-corrected chi connectivity index (χ3v) is 2.89. The zero-order chi connectivity index (χ0) is 13.8. The van der Waals surface area contributed by atoms with Crippen LogP contribution < -0.4 is 4.90 Å². The summed E-state index contributed by atoms with van der Waals surface area (Å²) in [5.74, 6) is 0.686. The summed E-state index contributed by atoms with van der Waals surface area (Å²) >= 11 is 0. The minimum absolute atomic E-state index is 0.225. The second kappa shape index (κ2) is 5.33. The highest BCUT2D eigenvalue weighted by Crippen LogP contribution is 2.23. The van der Waals surface area contributed by atoms with E-state index >= 15 is 0 Å². The van der Waals surface area contributed by atoms with Gasteiger partial charge in [-0.05, 0) is 24.3 Å². The Labute approximate surface area is 116 Å². The predicted molar refractivity (Wildman–Crippen MR) is 76.4 cm³/mol. The fourth-order valence-corrected chi connectivity index (χ4v) is 1.98. The highest BCUT2D eigenvalue weighted by atomic mass is 15.2. The van der Waals surface area contributed by atoms with Crippen molar-refractivity contribution in [3.8, 4) is 6.07 Å². The number of pyridine rings is 1. The minimum Gasteiger partial charge on any atom is -0.312 e.